The molecule has 142 valence electrons. The lowest BCUT2D eigenvalue weighted by atomic mass is 10.2. The molecule has 0 spiro atoms. The Kier molecular flexibility index (Phi) is 5.81. The summed E-state index contributed by atoms with van der Waals surface area (Å²) in [6, 6.07) is 6.90. The maximum atomic E-state index is 12.6. The normalized spacial score (nSPS) is 17.0. The van der Waals surface area contributed by atoms with E-state index < -0.39 is 5.25 Å². The van der Waals surface area contributed by atoms with E-state index in [1.54, 1.807) is 23.6 Å². The predicted octanol–water partition coefficient (Wildman–Crippen LogP) is 2.28. The molecule has 0 bridgehead atoms. The lowest BCUT2D eigenvalue weighted by Gasteiger charge is -2.19. The minimum Gasteiger partial charge on any atom is -0.375 e. The minimum absolute atomic E-state index is 0.149. The molecule has 27 heavy (non-hydrogen) atoms. The second-order valence-electron chi connectivity index (χ2n) is 6.36. The van der Waals surface area contributed by atoms with Crippen molar-refractivity contribution in [2.75, 3.05) is 5.73 Å². The number of nitrogens with zero attached hydrogens (tertiary/aromatic N) is 2. The molecule has 1 fully saturated rings. The first-order chi connectivity index (χ1) is 12.9. The molecule has 0 radical (unpaired) electrons. The standard InChI is InChI=1S/C18H20N4O3S2/c1-10(2)22-15(23)7-14(17(22)25)27-13-6-4-3-5-12(13)16(24)20-8-11-9-26-18(19)21-11/h3-6,9-10,14H,7-8H2,1-2H3,(H2,19,21)(H,20,24). The van der Waals surface area contributed by atoms with Gasteiger partial charge in [-0.05, 0) is 26.0 Å². The van der Waals surface area contributed by atoms with Crippen LogP contribution in [-0.4, -0.2) is 38.9 Å². The van der Waals surface area contributed by atoms with Crippen LogP contribution in [0.4, 0.5) is 5.13 Å². The fourth-order valence-electron chi connectivity index (χ4n) is 2.84. The van der Waals surface area contributed by atoms with Crippen LogP contribution in [0.25, 0.3) is 0 Å². The molecule has 3 amide bonds. The van der Waals surface area contributed by atoms with Crippen LogP contribution < -0.4 is 11.1 Å². The first-order valence-corrected chi connectivity index (χ1v) is 10.2. The maximum Gasteiger partial charge on any atom is 0.252 e. The van der Waals surface area contributed by atoms with E-state index in [9.17, 15) is 14.4 Å². The molecule has 3 N–H and O–H groups in total. The number of likely N-dealkylation sites (tertiary alicyclic amines) is 1. The average Bonchev–Trinajstić information content (AvgIpc) is 3.16. The summed E-state index contributed by atoms with van der Waals surface area (Å²) < 4.78 is 0. The van der Waals surface area contributed by atoms with E-state index in [1.807, 2.05) is 19.9 Å². The molecule has 0 saturated carbocycles. The Labute approximate surface area is 165 Å². The third-order valence-corrected chi connectivity index (χ3v) is 6.04. The Bertz CT molecular complexity index is 881. The largest absolute Gasteiger partial charge is 0.375 e. The number of anilines is 1. The van der Waals surface area contributed by atoms with E-state index in [-0.39, 0.29) is 36.7 Å². The third kappa shape index (κ3) is 4.30. The van der Waals surface area contributed by atoms with Crippen LogP contribution >= 0.6 is 23.1 Å². The number of rotatable bonds is 6. The van der Waals surface area contributed by atoms with Crippen LogP contribution in [0.3, 0.4) is 0 Å². The number of nitrogen functional groups attached to an aromatic ring is 1. The second-order valence-corrected chi connectivity index (χ2v) is 8.50. The van der Waals surface area contributed by atoms with E-state index >= 15 is 0 Å². The number of thiazole rings is 1. The quantitative estimate of drug-likeness (QED) is 0.716. The zero-order chi connectivity index (χ0) is 19.6. The summed E-state index contributed by atoms with van der Waals surface area (Å²) in [6.45, 7) is 3.90. The van der Waals surface area contributed by atoms with Crippen LogP contribution in [0.1, 0.15) is 36.3 Å². The van der Waals surface area contributed by atoms with Gasteiger partial charge in [-0.2, -0.15) is 0 Å². The zero-order valence-corrected chi connectivity index (χ0v) is 16.6. The fourth-order valence-corrected chi connectivity index (χ4v) is 4.59. The summed E-state index contributed by atoms with van der Waals surface area (Å²) in [5.74, 6) is -0.633. The van der Waals surface area contributed by atoms with E-state index in [0.29, 0.717) is 21.3 Å². The number of imide groups is 1. The predicted molar refractivity (Wildman–Crippen MR) is 105 cm³/mol. The van der Waals surface area contributed by atoms with Crippen LogP contribution in [0.15, 0.2) is 34.5 Å². The highest BCUT2D eigenvalue weighted by atomic mass is 32.2. The Hall–Kier alpha value is -2.39. The Balaban J connectivity index is 1.71. The van der Waals surface area contributed by atoms with Gasteiger partial charge in [0.05, 0.1) is 23.1 Å². The summed E-state index contributed by atoms with van der Waals surface area (Å²) >= 11 is 2.57. The number of carbonyl (C=O) groups excluding carboxylic acids is 3. The van der Waals surface area contributed by atoms with Gasteiger partial charge >= 0.3 is 0 Å². The first kappa shape index (κ1) is 19.4. The number of hydrogen-bond donors (Lipinski definition) is 2. The van der Waals surface area contributed by atoms with Crippen LogP contribution in [0.2, 0.25) is 0 Å². The van der Waals surface area contributed by atoms with Crippen molar-refractivity contribution in [3.05, 3.63) is 40.9 Å². The molecule has 1 aliphatic rings. The molecule has 7 nitrogen and oxygen atoms in total. The number of benzene rings is 1. The molecular weight excluding hydrogens is 384 g/mol. The van der Waals surface area contributed by atoms with E-state index in [1.165, 1.54) is 28.0 Å². The van der Waals surface area contributed by atoms with Gasteiger partial charge in [-0.1, -0.05) is 12.1 Å². The highest BCUT2D eigenvalue weighted by Crippen LogP contribution is 2.34. The molecule has 1 aliphatic heterocycles. The molecule has 2 aromatic rings. The average molecular weight is 405 g/mol. The molecule has 0 aliphatic carbocycles. The molecule has 1 aromatic carbocycles. The number of thioether (sulfide) groups is 1. The SMILES string of the molecule is CC(C)N1C(=O)CC(Sc2ccccc2C(=O)NCc2csc(N)n2)C1=O. The lowest BCUT2D eigenvalue weighted by Crippen LogP contribution is -2.37. The van der Waals surface area contributed by atoms with Crippen molar-refractivity contribution in [3.63, 3.8) is 0 Å². The summed E-state index contributed by atoms with van der Waals surface area (Å²) in [5, 5.41) is 4.55. The molecule has 3 rings (SSSR count). The van der Waals surface area contributed by atoms with Gasteiger partial charge in [0.15, 0.2) is 5.13 Å². The van der Waals surface area contributed by atoms with Gasteiger partial charge in [-0.3, -0.25) is 19.3 Å². The number of aromatic nitrogens is 1. The molecule has 1 saturated heterocycles. The van der Waals surface area contributed by atoms with Crippen LogP contribution in [-0.2, 0) is 16.1 Å². The van der Waals surface area contributed by atoms with Gasteiger partial charge in [-0.25, -0.2) is 4.98 Å². The third-order valence-electron chi connectivity index (χ3n) is 4.06. The number of amides is 3. The van der Waals surface area contributed by atoms with E-state index in [2.05, 4.69) is 10.3 Å². The van der Waals surface area contributed by atoms with Gasteiger partial charge in [0.1, 0.15) is 0 Å². The topological polar surface area (TPSA) is 105 Å². The number of nitrogens with two attached hydrogens (primary N) is 1. The van der Waals surface area contributed by atoms with E-state index in [0.717, 1.165) is 0 Å². The first-order valence-electron chi connectivity index (χ1n) is 8.46. The summed E-state index contributed by atoms with van der Waals surface area (Å²) in [4.78, 5) is 43.3. The minimum atomic E-state index is -0.507. The molecule has 1 aromatic heterocycles. The zero-order valence-electron chi connectivity index (χ0n) is 15.0. The van der Waals surface area contributed by atoms with Crippen molar-refractivity contribution in [1.29, 1.82) is 0 Å². The van der Waals surface area contributed by atoms with Crippen molar-refractivity contribution in [2.45, 2.75) is 43.0 Å². The van der Waals surface area contributed by atoms with Crippen molar-refractivity contribution in [2.24, 2.45) is 0 Å². The Morgan fingerprint density at radius 1 is 1.41 bits per heavy atom. The van der Waals surface area contributed by atoms with Crippen molar-refractivity contribution < 1.29 is 14.4 Å². The summed E-state index contributed by atoms with van der Waals surface area (Å²) in [6.07, 6.45) is 0.149. The van der Waals surface area contributed by atoms with Crippen molar-refractivity contribution in [3.8, 4) is 0 Å². The van der Waals surface area contributed by atoms with Gasteiger partial charge in [0, 0.05) is 22.7 Å². The molecule has 9 heteroatoms. The number of carbonyl (C=O) groups is 3. The van der Waals surface area contributed by atoms with Crippen LogP contribution in [0, 0.1) is 0 Å². The highest BCUT2D eigenvalue weighted by Gasteiger charge is 2.40. The molecule has 1 unspecified atom stereocenters. The van der Waals surface area contributed by atoms with Crippen LogP contribution in [0.5, 0.6) is 0 Å². The number of hydrogen-bond acceptors (Lipinski definition) is 7. The van der Waals surface area contributed by atoms with Gasteiger partial charge in [0.2, 0.25) is 11.8 Å². The Morgan fingerprint density at radius 2 is 2.15 bits per heavy atom. The van der Waals surface area contributed by atoms with Gasteiger partial charge in [-0.15, -0.1) is 23.1 Å². The highest BCUT2D eigenvalue weighted by molar-refractivity contribution is 8.00. The van der Waals surface area contributed by atoms with Crippen molar-refractivity contribution in [1.82, 2.24) is 15.2 Å². The molecular formula is C18H20N4O3S2. The molecule has 2 heterocycles. The number of nitrogens with one attached hydrogen (secondary N) is 1. The lowest BCUT2D eigenvalue weighted by molar-refractivity contribution is -0.140. The van der Waals surface area contributed by atoms with E-state index in [4.69, 9.17) is 5.73 Å². The maximum absolute atomic E-state index is 12.6. The van der Waals surface area contributed by atoms with Gasteiger partial charge in [0.25, 0.3) is 5.91 Å². The smallest absolute Gasteiger partial charge is 0.252 e. The summed E-state index contributed by atoms with van der Waals surface area (Å²) in [7, 11) is 0. The molecule has 1 atom stereocenters. The summed E-state index contributed by atoms with van der Waals surface area (Å²) in [5.41, 5.74) is 6.76. The fraction of sp³-hybridized carbons (Fsp3) is 0.333. The Morgan fingerprint density at radius 3 is 2.78 bits per heavy atom. The van der Waals surface area contributed by atoms with Gasteiger partial charge < -0.3 is 11.1 Å². The monoisotopic (exact) mass is 404 g/mol. The van der Waals surface area contributed by atoms with Crippen molar-refractivity contribution >= 4 is 46.0 Å². The second kappa shape index (κ2) is 8.10.